The van der Waals surface area contributed by atoms with Gasteiger partial charge in [0.05, 0.1) is 5.25 Å². The Hall–Kier alpha value is -0.130. The van der Waals surface area contributed by atoms with Crippen molar-refractivity contribution < 1.29 is 8.42 Å². The normalized spacial score (nSPS) is 24.7. The number of hydrogen-bond acceptors (Lipinski definition) is 3. The first-order valence-corrected chi connectivity index (χ1v) is 8.45. The number of sulfonamides is 1. The molecule has 1 aliphatic heterocycles. The van der Waals surface area contributed by atoms with Crippen LogP contribution in [-0.4, -0.2) is 54.6 Å². The standard InChI is InChI=1S/C13H26N2O2S/c1-13(2,3)15-9-7-11(8-10-15)14(4)18(16,17)12-5-6-12/h11-12H,5-10H2,1-4H3. The van der Waals surface area contributed by atoms with E-state index in [-0.39, 0.29) is 16.8 Å². The molecular weight excluding hydrogens is 248 g/mol. The molecule has 2 aliphatic rings. The summed E-state index contributed by atoms with van der Waals surface area (Å²) >= 11 is 0. The van der Waals surface area contributed by atoms with Crippen LogP contribution in [0.5, 0.6) is 0 Å². The maximum absolute atomic E-state index is 12.2. The van der Waals surface area contributed by atoms with Crippen molar-refractivity contribution in [2.45, 2.75) is 63.3 Å². The highest BCUT2D eigenvalue weighted by Crippen LogP contribution is 2.33. The van der Waals surface area contributed by atoms with Crippen molar-refractivity contribution in [2.75, 3.05) is 20.1 Å². The van der Waals surface area contributed by atoms with Crippen LogP contribution in [-0.2, 0) is 10.0 Å². The summed E-state index contributed by atoms with van der Waals surface area (Å²) in [7, 11) is -1.23. The fourth-order valence-corrected chi connectivity index (χ4v) is 4.54. The van der Waals surface area contributed by atoms with Crippen molar-refractivity contribution in [3.63, 3.8) is 0 Å². The van der Waals surface area contributed by atoms with Gasteiger partial charge in [-0.3, -0.25) is 4.90 Å². The Balaban J connectivity index is 1.94. The van der Waals surface area contributed by atoms with Crippen LogP contribution in [0, 0.1) is 0 Å². The molecule has 1 aliphatic carbocycles. The zero-order valence-electron chi connectivity index (χ0n) is 12.0. The molecule has 1 heterocycles. The minimum Gasteiger partial charge on any atom is -0.298 e. The molecule has 1 saturated heterocycles. The Morgan fingerprint density at radius 2 is 1.56 bits per heavy atom. The maximum Gasteiger partial charge on any atom is 0.216 e. The molecule has 5 heteroatoms. The second-order valence-corrected chi connectivity index (χ2v) is 8.92. The van der Waals surface area contributed by atoms with Crippen LogP contribution >= 0.6 is 0 Å². The van der Waals surface area contributed by atoms with Crippen LogP contribution < -0.4 is 0 Å². The van der Waals surface area contributed by atoms with Crippen molar-refractivity contribution in [2.24, 2.45) is 0 Å². The first-order chi connectivity index (χ1) is 8.23. The van der Waals surface area contributed by atoms with E-state index in [9.17, 15) is 8.42 Å². The van der Waals surface area contributed by atoms with Crippen molar-refractivity contribution >= 4 is 10.0 Å². The average molecular weight is 274 g/mol. The van der Waals surface area contributed by atoms with Gasteiger partial charge in [-0.05, 0) is 46.5 Å². The first kappa shape index (κ1) is 14.3. The summed E-state index contributed by atoms with van der Waals surface area (Å²) in [6, 6.07) is 0.203. The van der Waals surface area contributed by atoms with E-state index in [4.69, 9.17) is 0 Å². The monoisotopic (exact) mass is 274 g/mol. The Morgan fingerprint density at radius 3 is 1.94 bits per heavy atom. The van der Waals surface area contributed by atoms with Crippen molar-refractivity contribution in [1.29, 1.82) is 0 Å². The van der Waals surface area contributed by atoms with E-state index >= 15 is 0 Å². The Kier molecular flexibility index (Phi) is 3.78. The van der Waals surface area contributed by atoms with Gasteiger partial charge in [-0.1, -0.05) is 0 Å². The van der Waals surface area contributed by atoms with E-state index in [1.807, 2.05) is 0 Å². The molecule has 106 valence electrons. The molecule has 4 nitrogen and oxygen atoms in total. The molecule has 0 aromatic rings. The average Bonchev–Trinajstić information content (AvgIpc) is 3.11. The van der Waals surface area contributed by atoms with Crippen LogP contribution in [0.4, 0.5) is 0 Å². The predicted molar refractivity (Wildman–Crippen MR) is 74.1 cm³/mol. The van der Waals surface area contributed by atoms with Gasteiger partial charge in [-0.2, -0.15) is 0 Å². The van der Waals surface area contributed by atoms with Crippen molar-refractivity contribution in [3.8, 4) is 0 Å². The highest BCUT2D eigenvalue weighted by Gasteiger charge is 2.41. The quantitative estimate of drug-likeness (QED) is 0.786. The molecule has 0 bridgehead atoms. The number of piperidine rings is 1. The Labute approximate surface area is 111 Å². The molecule has 0 N–H and O–H groups in total. The second-order valence-electron chi connectivity index (χ2n) is 6.65. The minimum atomic E-state index is -3.00. The third kappa shape index (κ3) is 2.89. The summed E-state index contributed by atoms with van der Waals surface area (Å²) in [5.74, 6) is 0. The van der Waals surface area contributed by atoms with E-state index in [1.165, 1.54) is 0 Å². The Bertz CT molecular complexity index is 388. The molecule has 0 spiro atoms. The number of nitrogens with zero attached hydrogens (tertiary/aromatic N) is 2. The zero-order valence-corrected chi connectivity index (χ0v) is 12.8. The third-order valence-electron chi connectivity index (χ3n) is 4.27. The second kappa shape index (κ2) is 4.76. The van der Waals surface area contributed by atoms with Gasteiger partial charge in [-0.25, -0.2) is 12.7 Å². The summed E-state index contributed by atoms with van der Waals surface area (Å²) in [4.78, 5) is 2.45. The summed E-state index contributed by atoms with van der Waals surface area (Å²) in [6.07, 6.45) is 3.63. The van der Waals surface area contributed by atoms with Gasteiger partial charge >= 0.3 is 0 Å². The summed E-state index contributed by atoms with van der Waals surface area (Å²) in [5.41, 5.74) is 0.193. The molecule has 0 atom stereocenters. The van der Waals surface area contributed by atoms with Gasteiger partial charge in [0.25, 0.3) is 0 Å². The molecule has 1 saturated carbocycles. The van der Waals surface area contributed by atoms with E-state index < -0.39 is 10.0 Å². The molecule has 2 rings (SSSR count). The molecule has 0 radical (unpaired) electrons. The molecule has 0 aromatic carbocycles. The lowest BCUT2D eigenvalue weighted by Gasteiger charge is -2.42. The van der Waals surface area contributed by atoms with Crippen LogP contribution in [0.1, 0.15) is 46.5 Å². The first-order valence-electron chi connectivity index (χ1n) is 6.95. The van der Waals surface area contributed by atoms with Crippen molar-refractivity contribution in [3.05, 3.63) is 0 Å². The molecule has 0 aromatic heterocycles. The van der Waals surface area contributed by atoms with Crippen molar-refractivity contribution in [1.82, 2.24) is 9.21 Å². The number of rotatable bonds is 3. The van der Waals surface area contributed by atoms with Gasteiger partial charge in [0, 0.05) is 31.7 Å². The van der Waals surface area contributed by atoms with Crippen LogP contribution in [0.3, 0.4) is 0 Å². The fourth-order valence-electron chi connectivity index (χ4n) is 2.71. The molecule has 2 fully saturated rings. The smallest absolute Gasteiger partial charge is 0.216 e. The van der Waals surface area contributed by atoms with Gasteiger partial charge in [0.15, 0.2) is 0 Å². The largest absolute Gasteiger partial charge is 0.298 e. The van der Waals surface area contributed by atoms with Crippen LogP contribution in [0.15, 0.2) is 0 Å². The summed E-state index contributed by atoms with van der Waals surface area (Å²) < 4.78 is 26.0. The highest BCUT2D eigenvalue weighted by atomic mass is 32.2. The third-order valence-corrected chi connectivity index (χ3v) is 6.69. The fraction of sp³-hybridized carbons (Fsp3) is 1.00. The zero-order chi connectivity index (χ0) is 13.6. The lowest BCUT2D eigenvalue weighted by atomic mass is 9.98. The number of likely N-dealkylation sites (tertiary alicyclic amines) is 1. The summed E-state index contributed by atoms with van der Waals surface area (Å²) in [6.45, 7) is 8.66. The van der Waals surface area contributed by atoms with E-state index in [1.54, 1.807) is 11.4 Å². The van der Waals surface area contributed by atoms with E-state index in [0.29, 0.717) is 0 Å². The summed E-state index contributed by atoms with van der Waals surface area (Å²) in [5, 5.41) is -0.0804. The molecular formula is C13H26N2O2S. The SMILES string of the molecule is CN(C1CCN(C(C)(C)C)CC1)S(=O)(=O)C1CC1. The van der Waals surface area contributed by atoms with Gasteiger partial charge < -0.3 is 0 Å². The maximum atomic E-state index is 12.2. The molecule has 18 heavy (non-hydrogen) atoms. The topological polar surface area (TPSA) is 40.6 Å². The molecule has 0 amide bonds. The number of hydrogen-bond donors (Lipinski definition) is 0. The van der Waals surface area contributed by atoms with E-state index in [0.717, 1.165) is 38.8 Å². The lowest BCUT2D eigenvalue weighted by molar-refractivity contribution is 0.0841. The van der Waals surface area contributed by atoms with Crippen LogP contribution in [0.2, 0.25) is 0 Å². The Morgan fingerprint density at radius 1 is 1.06 bits per heavy atom. The lowest BCUT2D eigenvalue weighted by Crippen LogP contribution is -2.51. The minimum absolute atomic E-state index is 0.0804. The predicted octanol–water partition coefficient (Wildman–Crippen LogP) is 1.67. The van der Waals surface area contributed by atoms with Gasteiger partial charge in [0.2, 0.25) is 10.0 Å². The van der Waals surface area contributed by atoms with E-state index in [2.05, 4.69) is 25.7 Å². The van der Waals surface area contributed by atoms with Gasteiger partial charge in [0.1, 0.15) is 0 Å². The highest BCUT2D eigenvalue weighted by molar-refractivity contribution is 7.90. The van der Waals surface area contributed by atoms with Gasteiger partial charge in [-0.15, -0.1) is 0 Å². The van der Waals surface area contributed by atoms with Crippen LogP contribution in [0.25, 0.3) is 0 Å². The molecule has 0 unspecified atom stereocenters.